The molecule has 0 saturated heterocycles. The number of ether oxygens (including phenoxy) is 1. The van der Waals surface area contributed by atoms with E-state index >= 15 is 0 Å². The first-order chi connectivity index (χ1) is 25.3. The van der Waals surface area contributed by atoms with Crippen LogP contribution in [0, 0.1) is 0 Å². The molecule has 0 amide bonds. The molecule has 240 valence electrons. The van der Waals surface area contributed by atoms with Crippen LogP contribution in [0.5, 0.6) is 11.5 Å². The van der Waals surface area contributed by atoms with E-state index in [1.165, 1.54) is 38.5 Å². The van der Waals surface area contributed by atoms with Crippen molar-refractivity contribution in [2.75, 3.05) is 4.90 Å². The second-order valence-electron chi connectivity index (χ2n) is 12.9. The Morgan fingerprint density at radius 2 is 0.980 bits per heavy atom. The monoisotopic (exact) mass is 652 g/mol. The number of anilines is 3. The van der Waals surface area contributed by atoms with Crippen molar-refractivity contribution >= 4 is 38.9 Å². The Hall–Kier alpha value is -6.84. The van der Waals surface area contributed by atoms with Gasteiger partial charge in [-0.1, -0.05) is 140 Å². The fourth-order valence-corrected chi connectivity index (χ4v) is 7.67. The molecule has 0 bridgehead atoms. The summed E-state index contributed by atoms with van der Waals surface area (Å²) in [5.74, 6) is 1.74. The summed E-state index contributed by atoms with van der Waals surface area (Å²) in [6.45, 7) is 0. The smallest absolute Gasteiger partial charge is 0.152 e. The number of aromatic nitrogens is 1. The van der Waals surface area contributed by atoms with Gasteiger partial charge in [-0.2, -0.15) is 0 Å². The molecule has 0 radical (unpaired) electrons. The maximum Gasteiger partial charge on any atom is 0.152 e. The van der Waals surface area contributed by atoms with Gasteiger partial charge in [-0.25, -0.2) is 0 Å². The summed E-state index contributed by atoms with van der Waals surface area (Å²) in [6, 6.07) is 69.1. The zero-order chi connectivity index (χ0) is 33.7. The molecule has 10 rings (SSSR count). The third-order valence-corrected chi connectivity index (χ3v) is 9.98. The number of nitrogens with zero attached hydrogens (tertiary/aromatic N) is 2. The van der Waals surface area contributed by atoms with Gasteiger partial charge in [-0.15, -0.1) is 0 Å². The highest BCUT2D eigenvalue weighted by molar-refractivity contribution is 6.12. The molecule has 0 saturated carbocycles. The topological polar surface area (TPSA) is 17.4 Å². The van der Waals surface area contributed by atoms with Crippen LogP contribution in [-0.2, 0) is 0 Å². The Balaban J connectivity index is 1.13. The lowest BCUT2D eigenvalue weighted by Crippen LogP contribution is -2.11. The zero-order valence-electron chi connectivity index (χ0n) is 27.8. The molecular formula is C48H32N2O. The van der Waals surface area contributed by atoms with Crippen molar-refractivity contribution in [3.05, 3.63) is 194 Å². The van der Waals surface area contributed by atoms with Crippen molar-refractivity contribution in [1.82, 2.24) is 4.57 Å². The van der Waals surface area contributed by atoms with Gasteiger partial charge in [0.2, 0.25) is 0 Å². The standard InChI is InChI=1S/C48H32N2O/c1-4-14-33(15-5-1)36-28-31-44(42(32-36)34-16-6-2-7-17-34)49(37-18-8-3-9-19-37)38-29-26-35(27-30-38)39-21-12-24-45-47(39)50-43-23-11-10-20-40(43)41-22-13-25-46(51-45)48(41)50/h1-32H. The molecular weight excluding hydrogens is 621 g/mol. The molecule has 1 aromatic heterocycles. The zero-order valence-corrected chi connectivity index (χ0v) is 27.8. The minimum Gasteiger partial charge on any atom is -0.453 e. The largest absolute Gasteiger partial charge is 0.453 e. The van der Waals surface area contributed by atoms with Crippen LogP contribution in [0.15, 0.2) is 194 Å². The molecule has 51 heavy (non-hydrogen) atoms. The Kier molecular flexibility index (Phi) is 6.81. The fourth-order valence-electron chi connectivity index (χ4n) is 7.67. The quantitative estimate of drug-likeness (QED) is 0.178. The lowest BCUT2D eigenvalue weighted by atomic mass is 9.96. The number of rotatable bonds is 6. The van der Waals surface area contributed by atoms with Crippen LogP contribution in [0.2, 0.25) is 0 Å². The molecule has 3 nitrogen and oxygen atoms in total. The second-order valence-corrected chi connectivity index (χ2v) is 12.9. The van der Waals surface area contributed by atoms with Crippen LogP contribution in [0.3, 0.4) is 0 Å². The lowest BCUT2D eigenvalue weighted by molar-refractivity contribution is 0.477. The van der Waals surface area contributed by atoms with Gasteiger partial charge in [0.1, 0.15) is 0 Å². The Bertz CT molecular complexity index is 2700. The predicted octanol–water partition coefficient (Wildman–Crippen LogP) is 13.4. The maximum atomic E-state index is 6.59. The summed E-state index contributed by atoms with van der Waals surface area (Å²) in [5.41, 5.74) is 13.6. The maximum absolute atomic E-state index is 6.59. The number of para-hydroxylation sites is 4. The minimum absolute atomic E-state index is 0.856. The average Bonchev–Trinajstić information content (AvgIpc) is 3.55. The van der Waals surface area contributed by atoms with Crippen LogP contribution in [0.4, 0.5) is 17.1 Å². The molecule has 3 heteroatoms. The van der Waals surface area contributed by atoms with Gasteiger partial charge in [0, 0.05) is 33.3 Å². The summed E-state index contributed by atoms with van der Waals surface area (Å²) in [7, 11) is 0. The minimum atomic E-state index is 0.856. The highest BCUT2D eigenvalue weighted by Gasteiger charge is 2.26. The molecule has 0 spiro atoms. The Morgan fingerprint density at radius 3 is 1.76 bits per heavy atom. The van der Waals surface area contributed by atoms with Crippen LogP contribution in [0.1, 0.15) is 0 Å². The fraction of sp³-hybridized carbons (Fsp3) is 0. The van der Waals surface area contributed by atoms with Crippen LogP contribution >= 0.6 is 0 Å². The summed E-state index contributed by atoms with van der Waals surface area (Å²) in [5, 5.41) is 2.42. The summed E-state index contributed by atoms with van der Waals surface area (Å²) < 4.78 is 8.97. The van der Waals surface area contributed by atoms with Gasteiger partial charge >= 0.3 is 0 Å². The summed E-state index contributed by atoms with van der Waals surface area (Å²) in [4.78, 5) is 2.36. The van der Waals surface area contributed by atoms with Crippen LogP contribution in [0.25, 0.3) is 60.9 Å². The van der Waals surface area contributed by atoms with E-state index < -0.39 is 0 Å². The van der Waals surface area contributed by atoms with E-state index in [0.29, 0.717) is 0 Å². The van der Waals surface area contributed by atoms with Crippen molar-refractivity contribution in [1.29, 1.82) is 0 Å². The number of fused-ring (bicyclic) bond motifs is 5. The molecule has 9 aromatic rings. The van der Waals surface area contributed by atoms with Gasteiger partial charge in [-0.3, -0.25) is 0 Å². The van der Waals surface area contributed by atoms with Crippen molar-refractivity contribution < 1.29 is 4.74 Å². The summed E-state index contributed by atoms with van der Waals surface area (Å²) >= 11 is 0. The molecule has 2 heterocycles. The molecule has 0 fully saturated rings. The normalized spacial score (nSPS) is 11.7. The average molecular weight is 653 g/mol. The first-order valence-electron chi connectivity index (χ1n) is 17.4. The first kappa shape index (κ1) is 29.1. The summed E-state index contributed by atoms with van der Waals surface area (Å²) in [6.07, 6.45) is 0. The van der Waals surface area contributed by atoms with Gasteiger partial charge < -0.3 is 14.2 Å². The van der Waals surface area contributed by atoms with Crippen molar-refractivity contribution in [3.8, 4) is 50.6 Å². The molecule has 1 aliphatic rings. The van der Waals surface area contributed by atoms with Crippen molar-refractivity contribution in [2.24, 2.45) is 0 Å². The highest BCUT2D eigenvalue weighted by atomic mass is 16.5. The third-order valence-electron chi connectivity index (χ3n) is 9.98. The molecule has 0 unspecified atom stereocenters. The van der Waals surface area contributed by atoms with Gasteiger partial charge in [0.05, 0.1) is 22.4 Å². The number of hydrogen-bond donors (Lipinski definition) is 0. The van der Waals surface area contributed by atoms with Crippen LogP contribution < -0.4 is 9.64 Å². The molecule has 8 aromatic carbocycles. The van der Waals surface area contributed by atoms with E-state index in [2.05, 4.69) is 204 Å². The second kappa shape index (κ2) is 11.9. The van der Waals surface area contributed by atoms with E-state index in [0.717, 1.165) is 50.9 Å². The van der Waals surface area contributed by atoms with Gasteiger partial charge in [-0.05, 0) is 76.9 Å². The highest BCUT2D eigenvalue weighted by Crippen LogP contribution is 2.49. The first-order valence-corrected chi connectivity index (χ1v) is 17.4. The van der Waals surface area contributed by atoms with E-state index in [4.69, 9.17) is 4.74 Å². The van der Waals surface area contributed by atoms with Crippen molar-refractivity contribution in [2.45, 2.75) is 0 Å². The van der Waals surface area contributed by atoms with Crippen LogP contribution in [-0.4, -0.2) is 4.57 Å². The molecule has 0 aliphatic carbocycles. The molecule has 0 N–H and O–H groups in total. The molecule has 1 aliphatic heterocycles. The van der Waals surface area contributed by atoms with E-state index in [1.807, 2.05) is 0 Å². The Morgan fingerprint density at radius 1 is 0.392 bits per heavy atom. The SMILES string of the molecule is c1ccc(-c2ccc(N(c3ccccc3)c3ccc(-c4cccc5c4-n4c6ccccc6c6cccc(c64)O5)cc3)c(-c3ccccc3)c2)cc1. The number of benzene rings is 8. The lowest BCUT2D eigenvalue weighted by Gasteiger charge is -2.29. The Labute approximate surface area is 296 Å². The van der Waals surface area contributed by atoms with E-state index in [-0.39, 0.29) is 0 Å². The van der Waals surface area contributed by atoms with Gasteiger partial charge in [0.25, 0.3) is 0 Å². The number of hydrogen-bond acceptors (Lipinski definition) is 2. The van der Waals surface area contributed by atoms with E-state index in [1.54, 1.807) is 0 Å². The van der Waals surface area contributed by atoms with Crippen molar-refractivity contribution in [3.63, 3.8) is 0 Å². The third kappa shape index (κ3) is 4.82. The van der Waals surface area contributed by atoms with Gasteiger partial charge in [0.15, 0.2) is 11.5 Å². The van der Waals surface area contributed by atoms with E-state index in [9.17, 15) is 0 Å². The molecule has 0 atom stereocenters. The predicted molar refractivity (Wildman–Crippen MR) is 212 cm³/mol.